The van der Waals surface area contributed by atoms with Crippen molar-refractivity contribution in [1.82, 2.24) is 25.4 Å². The largest absolute Gasteiger partial charge is 0.370 e. The lowest BCUT2D eigenvalue weighted by Crippen LogP contribution is -2.38. The number of nitrogens with one attached hydrogen (secondary N) is 2. The summed E-state index contributed by atoms with van der Waals surface area (Å²) in [5.41, 5.74) is 5.34. The van der Waals surface area contributed by atoms with Crippen LogP contribution in [0, 0.1) is 0 Å². The molecule has 1 aliphatic carbocycles. The van der Waals surface area contributed by atoms with E-state index in [0.717, 1.165) is 29.8 Å². The molecule has 2 aromatic heterocycles. The quantitative estimate of drug-likeness (QED) is 0.552. The number of carbonyl (C=O) groups is 1. The zero-order chi connectivity index (χ0) is 21.9. The van der Waals surface area contributed by atoms with Crippen LogP contribution in [0.15, 0.2) is 36.7 Å². The molecule has 1 aliphatic heterocycles. The normalized spacial score (nSPS) is 18.7. The van der Waals surface area contributed by atoms with Gasteiger partial charge in [0.2, 0.25) is 5.95 Å². The lowest BCUT2D eigenvalue weighted by molar-refractivity contribution is -0.143. The van der Waals surface area contributed by atoms with Crippen LogP contribution < -0.4 is 5.32 Å². The molecule has 0 amide bonds. The maximum absolute atomic E-state index is 12.8. The molecule has 3 aromatic rings. The number of hydrogen-bond donors (Lipinski definition) is 2. The molecule has 1 unspecified atom stereocenters. The molecule has 3 heterocycles. The van der Waals surface area contributed by atoms with Gasteiger partial charge in [0.1, 0.15) is 12.2 Å². The molecule has 2 aliphatic rings. The van der Waals surface area contributed by atoms with E-state index in [9.17, 15) is 4.79 Å². The number of H-pyrrole nitrogens is 1. The van der Waals surface area contributed by atoms with Crippen molar-refractivity contribution in [1.29, 1.82) is 0 Å². The number of anilines is 1. The third kappa shape index (κ3) is 4.53. The summed E-state index contributed by atoms with van der Waals surface area (Å²) in [4.78, 5) is 21.9. The SMILES string of the molecule is C[C@@H](OCCc1cn[nH]n1)C(=O)C1Cc2cnc(NC3Cc4ccccc4C3)nc2CO1. The van der Waals surface area contributed by atoms with Gasteiger partial charge in [-0.3, -0.25) is 4.79 Å². The third-order valence-corrected chi connectivity index (χ3v) is 6.07. The van der Waals surface area contributed by atoms with Crippen LogP contribution in [0.3, 0.4) is 0 Å². The number of aromatic nitrogens is 5. The van der Waals surface area contributed by atoms with Crippen LogP contribution in [-0.4, -0.2) is 56.0 Å². The van der Waals surface area contributed by atoms with E-state index in [0.29, 0.717) is 38.0 Å². The van der Waals surface area contributed by atoms with E-state index in [-0.39, 0.29) is 5.78 Å². The van der Waals surface area contributed by atoms with Gasteiger partial charge in [-0.05, 0) is 36.5 Å². The summed E-state index contributed by atoms with van der Waals surface area (Å²) in [5.74, 6) is 0.543. The first-order valence-electron chi connectivity index (χ1n) is 11.0. The number of Topliss-reactive ketones (excluding diaryl/α,β-unsaturated/α-hetero) is 1. The predicted molar refractivity (Wildman–Crippen MR) is 116 cm³/mol. The monoisotopic (exact) mass is 434 g/mol. The van der Waals surface area contributed by atoms with Gasteiger partial charge < -0.3 is 14.8 Å². The molecule has 0 saturated heterocycles. The highest BCUT2D eigenvalue weighted by Gasteiger charge is 2.31. The van der Waals surface area contributed by atoms with E-state index in [4.69, 9.17) is 9.47 Å². The topological polar surface area (TPSA) is 115 Å². The smallest absolute Gasteiger partial charge is 0.223 e. The molecule has 9 nitrogen and oxygen atoms in total. The van der Waals surface area contributed by atoms with Crippen molar-refractivity contribution in [3.63, 3.8) is 0 Å². The second-order valence-electron chi connectivity index (χ2n) is 8.31. The fourth-order valence-electron chi connectivity index (χ4n) is 4.30. The Balaban J connectivity index is 1.14. The Kier molecular flexibility index (Phi) is 5.91. The van der Waals surface area contributed by atoms with E-state index in [1.54, 1.807) is 13.1 Å². The van der Waals surface area contributed by atoms with Crippen LogP contribution in [0.4, 0.5) is 5.95 Å². The maximum atomic E-state index is 12.8. The van der Waals surface area contributed by atoms with Gasteiger partial charge in [-0.15, -0.1) is 0 Å². The van der Waals surface area contributed by atoms with Gasteiger partial charge in [-0.25, -0.2) is 9.97 Å². The van der Waals surface area contributed by atoms with Crippen LogP contribution in [0.25, 0.3) is 0 Å². The van der Waals surface area contributed by atoms with Crippen LogP contribution in [0.2, 0.25) is 0 Å². The second kappa shape index (κ2) is 9.13. The highest BCUT2D eigenvalue weighted by Crippen LogP contribution is 2.25. The molecule has 0 bridgehead atoms. The van der Waals surface area contributed by atoms with Gasteiger partial charge in [0, 0.05) is 25.1 Å². The number of hydrogen-bond acceptors (Lipinski definition) is 8. The van der Waals surface area contributed by atoms with Crippen LogP contribution in [0.1, 0.15) is 35.0 Å². The molecule has 32 heavy (non-hydrogen) atoms. The number of carbonyl (C=O) groups excluding carboxylic acids is 1. The summed E-state index contributed by atoms with van der Waals surface area (Å²) in [6, 6.07) is 8.80. The Bertz CT molecular complexity index is 1060. The number of aromatic amines is 1. The van der Waals surface area contributed by atoms with E-state index in [2.05, 4.69) is 55.0 Å². The Morgan fingerprint density at radius 3 is 2.78 bits per heavy atom. The van der Waals surface area contributed by atoms with Gasteiger partial charge >= 0.3 is 0 Å². The number of ether oxygens (including phenoxy) is 2. The minimum atomic E-state index is -0.556. The molecule has 0 radical (unpaired) electrons. The minimum Gasteiger partial charge on any atom is -0.370 e. The van der Waals surface area contributed by atoms with Crippen LogP contribution in [0.5, 0.6) is 0 Å². The van der Waals surface area contributed by atoms with Crippen molar-refractivity contribution in [2.24, 2.45) is 0 Å². The molecule has 0 fully saturated rings. The standard InChI is InChI=1S/C23H26N6O3/c1-14(31-7-6-18-12-25-29-28-18)22(30)21-10-17-11-24-23(27-20(17)13-32-21)26-19-8-15-4-2-3-5-16(15)9-19/h2-5,11-12,14,19,21H,6-10,13H2,1H3,(H,24,26,27)(H,25,28,29)/t14-,21?/m1/s1. The molecule has 2 atom stereocenters. The lowest BCUT2D eigenvalue weighted by Gasteiger charge is -2.26. The molecule has 0 spiro atoms. The van der Waals surface area contributed by atoms with Gasteiger partial charge in [0.05, 0.1) is 30.8 Å². The van der Waals surface area contributed by atoms with E-state index >= 15 is 0 Å². The summed E-state index contributed by atoms with van der Waals surface area (Å²) < 4.78 is 11.5. The highest BCUT2D eigenvalue weighted by molar-refractivity contribution is 5.87. The molecular formula is C23H26N6O3. The summed E-state index contributed by atoms with van der Waals surface area (Å²) in [5, 5.41) is 13.7. The molecule has 9 heteroatoms. The Morgan fingerprint density at radius 1 is 1.22 bits per heavy atom. The Hall–Kier alpha value is -3.17. The van der Waals surface area contributed by atoms with Crippen molar-refractivity contribution in [3.8, 4) is 0 Å². The third-order valence-electron chi connectivity index (χ3n) is 6.07. The Labute approximate surface area is 186 Å². The average Bonchev–Trinajstić information content (AvgIpc) is 3.47. The Morgan fingerprint density at radius 2 is 2.03 bits per heavy atom. The number of nitrogens with zero attached hydrogens (tertiary/aromatic N) is 4. The van der Waals surface area contributed by atoms with Crippen molar-refractivity contribution >= 4 is 11.7 Å². The predicted octanol–water partition coefficient (Wildman–Crippen LogP) is 1.83. The van der Waals surface area contributed by atoms with E-state index in [1.807, 2.05) is 6.20 Å². The van der Waals surface area contributed by atoms with Crippen LogP contribution >= 0.6 is 0 Å². The number of ketones is 1. The highest BCUT2D eigenvalue weighted by atomic mass is 16.5. The van der Waals surface area contributed by atoms with Crippen molar-refractivity contribution in [2.45, 2.75) is 57.5 Å². The number of fused-ring (bicyclic) bond motifs is 2. The fraction of sp³-hybridized carbons (Fsp3) is 0.435. The molecule has 166 valence electrons. The van der Waals surface area contributed by atoms with Gasteiger partial charge in [-0.1, -0.05) is 24.3 Å². The first-order valence-corrected chi connectivity index (χ1v) is 11.0. The first-order chi connectivity index (χ1) is 15.7. The molecular weight excluding hydrogens is 408 g/mol. The minimum absolute atomic E-state index is 0.0678. The van der Waals surface area contributed by atoms with Crippen molar-refractivity contribution < 1.29 is 14.3 Å². The van der Waals surface area contributed by atoms with Gasteiger partial charge in [0.15, 0.2) is 5.78 Å². The fourth-order valence-corrected chi connectivity index (χ4v) is 4.30. The lowest BCUT2D eigenvalue weighted by atomic mass is 10.00. The van der Waals surface area contributed by atoms with Gasteiger partial charge in [-0.2, -0.15) is 15.4 Å². The summed E-state index contributed by atoms with van der Waals surface area (Å²) in [6.07, 6.45) is 5.35. The summed E-state index contributed by atoms with van der Waals surface area (Å²) >= 11 is 0. The molecule has 0 saturated carbocycles. The maximum Gasteiger partial charge on any atom is 0.223 e. The average molecular weight is 435 g/mol. The van der Waals surface area contributed by atoms with E-state index in [1.165, 1.54) is 11.1 Å². The van der Waals surface area contributed by atoms with E-state index < -0.39 is 12.2 Å². The molecule has 1 aromatic carbocycles. The zero-order valence-corrected chi connectivity index (χ0v) is 18.0. The van der Waals surface area contributed by atoms with Crippen LogP contribution in [-0.2, 0) is 46.6 Å². The second-order valence-corrected chi connectivity index (χ2v) is 8.31. The van der Waals surface area contributed by atoms with Crippen molar-refractivity contribution in [2.75, 3.05) is 11.9 Å². The number of rotatable bonds is 8. The molecule has 5 rings (SSSR count). The first kappa shape index (κ1) is 20.7. The van der Waals surface area contributed by atoms with Gasteiger partial charge in [0.25, 0.3) is 0 Å². The summed E-state index contributed by atoms with van der Waals surface area (Å²) in [6.45, 7) is 2.44. The van der Waals surface area contributed by atoms with Crippen molar-refractivity contribution in [3.05, 3.63) is 64.7 Å². The zero-order valence-electron chi connectivity index (χ0n) is 18.0. The number of benzene rings is 1. The molecule has 2 N–H and O–H groups in total. The summed E-state index contributed by atoms with van der Waals surface area (Å²) in [7, 11) is 0.